The van der Waals surface area contributed by atoms with E-state index in [9.17, 15) is 13.2 Å². The van der Waals surface area contributed by atoms with Crippen LogP contribution in [-0.2, 0) is 17.7 Å². The van der Waals surface area contributed by atoms with Crippen LogP contribution in [0.25, 0.3) is 0 Å². The summed E-state index contributed by atoms with van der Waals surface area (Å²) >= 11 is 0. The summed E-state index contributed by atoms with van der Waals surface area (Å²) in [6.45, 7) is 1.08. The Morgan fingerprint density at radius 3 is 2.67 bits per heavy atom. The molecule has 136 valence electrons. The zero-order valence-corrected chi connectivity index (χ0v) is 15.9. The number of fused-ring (bicyclic) bond motifs is 1. The Labute approximate surface area is 157 Å². The fourth-order valence-electron chi connectivity index (χ4n) is 2.57. The number of rotatable bonds is 5. The number of hydrogen-bond acceptors (Lipinski definition) is 2. The standard InChI is InChI=1S/C16H22F3N3O.HI/c1-20-15(21-8-4-10-23-12-16(17,18)19)22-9-7-13-5-2-3-6-14(13)11-22;/h2-3,5-6H,4,7-12H2,1H3,(H,20,21);1H. The van der Waals surface area contributed by atoms with Crippen LogP contribution in [0.4, 0.5) is 13.2 Å². The number of nitrogens with one attached hydrogen (secondary N) is 1. The monoisotopic (exact) mass is 457 g/mol. The lowest BCUT2D eigenvalue weighted by molar-refractivity contribution is -0.173. The van der Waals surface area contributed by atoms with Gasteiger partial charge in [-0.05, 0) is 24.0 Å². The molecule has 4 nitrogen and oxygen atoms in total. The van der Waals surface area contributed by atoms with Gasteiger partial charge in [0.2, 0.25) is 0 Å². The number of halogens is 4. The maximum atomic E-state index is 11.9. The van der Waals surface area contributed by atoms with Crippen LogP contribution in [0.5, 0.6) is 0 Å². The second-order valence-corrected chi connectivity index (χ2v) is 5.44. The lowest BCUT2D eigenvalue weighted by Gasteiger charge is -2.31. The summed E-state index contributed by atoms with van der Waals surface area (Å²) in [7, 11) is 1.71. The highest BCUT2D eigenvalue weighted by atomic mass is 127. The number of aliphatic imine (C=N–C) groups is 1. The zero-order chi connectivity index (χ0) is 16.7. The van der Waals surface area contributed by atoms with E-state index in [0.29, 0.717) is 13.0 Å². The average molecular weight is 457 g/mol. The molecular formula is C16H23F3IN3O. The van der Waals surface area contributed by atoms with Gasteiger partial charge in [-0.2, -0.15) is 13.2 Å². The van der Waals surface area contributed by atoms with E-state index < -0.39 is 12.8 Å². The number of guanidine groups is 1. The van der Waals surface area contributed by atoms with Gasteiger partial charge in [-0.25, -0.2) is 0 Å². The summed E-state index contributed by atoms with van der Waals surface area (Å²) < 4.78 is 40.4. The average Bonchev–Trinajstić information content (AvgIpc) is 2.53. The molecule has 0 bridgehead atoms. The van der Waals surface area contributed by atoms with E-state index >= 15 is 0 Å². The minimum Gasteiger partial charge on any atom is -0.372 e. The van der Waals surface area contributed by atoms with Crippen LogP contribution in [-0.4, -0.2) is 50.4 Å². The number of alkyl halides is 3. The fourth-order valence-corrected chi connectivity index (χ4v) is 2.57. The number of ether oxygens (including phenoxy) is 1. The van der Waals surface area contributed by atoms with Crippen molar-refractivity contribution in [1.29, 1.82) is 0 Å². The Morgan fingerprint density at radius 2 is 2.00 bits per heavy atom. The minimum atomic E-state index is -4.26. The topological polar surface area (TPSA) is 36.9 Å². The first kappa shape index (κ1) is 21.0. The van der Waals surface area contributed by atoms with Crippen LogP contribution in [0.2, 0.25) is 0 Å². The van der Waals surface area contributed by atoms with Crippen LogP contribution >= 0.6 is 24.0 Å². The van der Waals surface area contributed by atoms with Crippen LogP contribution in [0, 0.1) is 0 Å². The molecule has 2 rings (SSSR count). The molecule has 1 N–H and O–H groups in total. The smallest absolute Gasteiger partial charge is 0.372 e. The summed E-state index contributed by atoms with van der Waals surface area (Å²) in [5.41, 5.74) is 2.65. The second-order valence-electron chi connectivity index (χ2n) is 5.44. The van der Waals surface area contributed by atoms with Gasteiger partial charge in [-0.15, -0.1) is 24.0 Å². The summed E-state index contributed by atoms with van der Waals surface area (Å²) in [4.78, 5) is 6.40. The number of benzene rings is 1. The van der Waals surface area contributed by atoms with Crippen molar-refractivity contribution in [3.05, 3.63) is 35.4 Å². The third-order valence-electron chi connectivity index (χ3n) is 3.66. The van der Waals surface area contributed by atoms with E-state index in [-0.39, 0.29) is 30.6 Å². The Bertz CT molecular complexity index is 538. The molecule has 1 heterocycles. The molecule has 1 aromatic carbocycles. The normalized spacial score (nSPS) is 14.8. The molecule has 0 atom stereocenters. The molecule has 0 amide bonds. The molecule has 1 aliphatic heterocycles. The predicted octanol–water partition coefficient (Wildman–Crippen LogP) is 3.21. The third kappa shape index (κ3) is 6.84. The van der Waals surface area contributed by atoms with Crippen molar-refractivity contribution in [3.8, 4) is 0 Å². The Hall–Kier alpha value is -1.03. The third-order valence-corrected chi connectivity index (χ3v) is 3.66. The van der Waals surface area contributed by atoms with Crippen molar-refractivity contribution in [2.24, 2.45) is 4.99 Å². The van der Waals surface area contributed by atoms with Gasteiger partial charge in [0.15, 0.2) is 5.96 Å². The van der Waals surface area contributed by atoms with Gasteiger partial charge >= 0.3 is 6.18 Å². The predicted molar refractivity (Wildman–Crippen MR) is 98.8 cm³/mol. The summed E-state index contributed by atoms with van der Waals surface area (Å²) in [5, 5.41) is 3.18. The van der Waals surface area contributed by atoms with E-state index in [1.165, 1.54) is 11.1 Å². The lowest BCUT2D eigenvalue weighted by atomic mass is 10.0. The van der Waals surface area contributed by atoms with Gasteiger partial charge in [0, 0.05) is 33.3 Å². The maximum absolute atomic E-state index is 11.9. The molecule has 0 unspecified atom stereocenters. The highest BCUT2D eigenvalue weighted by Crippen LogP contribution is 2.18. The molecule has 0 spiro atoms. The molecule has 0 fully saturated rings. The summed E-state index contributed by atoms with van der Waals surface area (Å²) in [6, 6.07) is 8.32. The Morgan fingerprint density at radius 1 is 1.29 bits per heavy atom. The molecule has 1 aliphatic rings. The second kappa shape index (κ2) is 10.1. The Balaban J connectivity index is 0.00000288. The van der Waals surface area contributed by atoms with Crippen molar-refractivity contribution < 1.29 is 17.9 Å². The van der Waals surface area contributed by atoms with Crippen LogP contribution in [0.15, 0.2) is 29.3 Å². The number of nitrogens with zero attached hydrogens (tertiary/aromatic N) is 2. The van der Waals surface area contributed by atoms with E-state index in [1.54, 1.807) is 7.05 Å². The quantitative estimate of drug-likeness (QED) is 0.320. The highest BCUT2D eigenvalue weighted by Gasteiger charge is 2.27. The molecule has 0 saturated carbocycles. The van der Waals surface area contributed by atoms with Crippen molar-refractivity contribution in [2.75, 3.05) is 33.4 Å². The van der Waals surface area contributed by atoms with E-state index in [1.807, 2.05) is 12.1 Å². The first-order valence-corrected chi connectivity index (χ1v) is 7.66. The van der Waals surface area contributed by atoms with Gasteiger partial charge < -0.3 is 15.0 Å². The van der Waals surface area contributed by atoms with Crippen LogP contribution in [0.1, 0.15) is 17.5 Å². The van der Waals surface area contributed by atoms with E-state index in [0.717, 1.165) is 25.5 Å². The molecule has 24 heavy (non-hydrogen) atoms. The summed E-state index contributed by atoms with van der Waals surface area (Å²) in [5.74, 6) is 0.773. The molecule has 0 radical (unpaired) electrons. The molecule has 0 saturated heterocycles. The Kier molecular flexibility index (Phi) is 8.82. The largest absolute Gasteiger partial charge is 0.411 e. The maximum Gasteiger partial charge on any atom is 0.411 e. The lowest BCUT2D eigenvalue weighted by Crippen LogP contribution is -2.44. The van der Waals surface area contributed by atoms with Crippen molar-refractivity contribution in [2.45, 2.75) is 25.6 Å². The molecule has 8 heteroatoms. The summed E-state index contributed by atoms with van der Waals surface area (Å²) in [6.07, 6.45) is -2.80. The van der Waals surface area contributed by atoms with Gasteiger partial charge in [0.1, 0.15) is 6.61 Å². The first-order valence-electron chi connectivity index (χ1n) is 7.66. The van der Waals surface area contributed by atoms with Gasteiger partial charge in [-0.1, -0.05) is 24.3 Å². The minimum absolute atomic E-state index is 0. The van der Waals surface area contributed by atoms with Gasteiger partial charge in [0.25, 0.3) is 0 Å². The first-order chi connectivity index (χ1) is 11.0. The molecular weight excluding hydrogens is 434 g/mol. The van der Waals surface area contributed by atoms with Crippen LogP contribution < -0.4 is 5.32 Å². The van der Waals surface area contributed by atoms with E-state index in [2.05, 4.69) is 32.1 Å². The molecule has 0 aliphatic carbocycles. The van der Waals surface area contributed by atoms with Gasteiger partial charge in [0.05, 0.1) is 0 Å². The zero-order valence-electron chi connectivity index (χ0n) is 13.6. The van der Waals surface area contributed by atoms with Crippen molar-refractivity contribution in [1.82, 2.24) is 10.2 Å². The molecule has 1 aromatic rings. The fraction of sp³-hybridized carbons (Fsp3) is 0.562. The van der Waals surface area contributed by atoms with Crippen molar-refractivity contribution in [3.63, 3.8) is 0 Å². The SMILES string of the molecule is CN=C(NCCCOCC(F)(F)F)N1CCc2ccccc2C1.I. The van der Waals surface area contributed by atoms with E-state index in [4.69, 9.17) is 0 Å². The highest BCUT2D eigenvalue weighted by molar-refractivity contribution is 14.0. The van der Waals surface area contributed by atoms with Gasteiger partial charge in [-0.3, -0.25) is 4.99 Å². The van der Waals surface area contributed by atoms with Crippen LogP contribution in [0.3, 0.4) is 0 Å². The van der Waals surface area contributed by atoms with Crippen molar-refractivity contribution >= 4 is 29.9 Å². The molecule has 0 aromatic heterocycles. The number of hydrogen-bond donors (Lipinski definition) is 1.